The van der Waals surface area contributed by atoms with Gasteiger partial charge in [0.25, 0.3) is 0 Å². The molecule has 0 aliphatic carbocycles. The first kappa shape index (κ1) is 18.4. The molecule has 0 atom stereocenters. The Morgan fingerprint density at radius 1 is 1.28 bits per heavy atom. The SMILES string of the molecule is COc1cc(/C=C/C(=O)Nc2ccccc2SC)ccc1OCC#N. The Bertz CT molecular complexity index is 813. The summed E-state index contributed by atoms with van der Waals surface area (Å²) in [6.45, 7) is -0.0528. The second-order valence-corrected chi connectivity index (χ2v) is 5.73. The number of para-hydroxylation sites is 1. The summed E-state index contributed by atoms with van der Waals surface area (Å²) in [5.74, 6) is 0.773. The van der Waals surface area contributed by atoms with Crippen LogP contribution in [0.2, 0.25) is 0 Å². The van der Waals surface area contributed by atoms with Crippen LogP contribution in [0.4, 0.5) is 5.69 Å². The molecule has 0 aliphatic heterocycles. The highest BCUT2D eigenvalue weighted by Crippen LogP contribution is 2.28. The van der Waals surface area contributed by atoms with E-state index in [-0.39, 0.29) is 12.5 Å². The molecular weight excluding hydrogens is 336 g/mol. The van der Waals surface area contributed by atoms with Crippen molar-refractivity contribution >= 4 is 29.4 Å². The third-order valence-electron chi connectivity index (χ3n) is 3.27. The molecule has 2 rings (SSSR count). The summed E-state index contributed by atoms with van der Waals surface area (Å²) in [6.07, 6.45) is 5.11. The third-order valence-corrected chi connectivity index (χ3v) is 4.07. The number of hydrogen-bond donors (Lipinski definition) is 1. The smallest absolute Gasteiger partial charge is 0.248 e. The molecule has 128 valence electrons. The molecule has 0 fully saturated rings. The minimum atomic E-state index is -0.217. The van der Waals surface area contributed by atoms with Gasteiger partial charge in [-0.05, 0) is 42.2 Å². The molecule has 0 bridgehead atoms. The second kappa shape index (κ2) is 9.40. The average molecular weight is 354 g/mol. The Balaban J connectivity index is 2.08. The van der Waals surface area contributed by atoms with Crippen LogP contribution in [0.1, 0.15) is 5.56 Å². The molecule has 0 radical (unpaired) electrons. The lowest BCUT2D eigenvalue weighted by Gasteiger charge is -2.09. The number of nitriles is 1. The van der Waals surface area contributed by atoms with Crippen LogP contribution in [0.15, 0.2) is 53.4 Å². The average Bonchev–Trinajstić information content (AvgIpc) is 2.65. The van der Waals surface area contributed by atoms with Gasteiger partial charge in [-0.15, -0.1) is 11.8 Å². The van der Waals surface area contributed by atoms with Gasteiger partial charge >= 0.3 is 0 Å². The third kappa shape index (κ3) is 5.30. The van der Waals surface area contributed by atoms with Gasteiger partial charge in [-0.1, -0.05) is 18.2 Å². The normalized spacial score (nSPS) is 10.3. The number of benzene rings is 2. The van der Waals surface area contributed by atoms with Crippen molar-refractivity contribution in [1.29, 1.82) is 5.26 Å². The van der Waals surface area contributed by atoms with Crippen LogP contribution in [0, 0.1) is 11.3 Å². The molecule has 0 saturated heterocycles. The van der Waals surface area contributed by atoms with Gasteiger partial charge in [0.05, 0.1) is 12.8 Å². The number of amides is 1. The van der Waals surface area contributed by atoms with Gasteiger partial charge in [-0.25, -0.2) is 0 Å². The minimum absolute atomic E-state index is 0.0528. The van der Waals surface area contributed by atoms with Crippen LogP contribution in [0.25, 0.3) is 6.08 Å². The number of hydrogen-bond acceptors (Lipinski definition) is 5. The summed E-state index contributed by atoms with van der Waals surface area (Å²) in [5, 5.41) is 11.4. The number of ether oxygens (including phenoxy) is 2. The van der Waals surface area contributed by atoms with Crippen LogP contribution in [-0.2, 0) is 4.79 Å². The van der Waals surface area contributed by atoms with Crippen LogP contribution < -0.4 is 14.8 Å². The van der Waals surface area contributed by atoms with Crippen molar-refractivity contribution in [3.63, 3.8) is 0 Å². The Kier molecular flexibility index (Phi) is 6.93. The van der Waals surface area contributed by atoms with Gasteiger partial charge in [0.2, 0.25) is 5.91 Å². The van der Waals surface area contributed by atoms with E-state index in [1.54, 1.807) is 36.0 Å². The maximum atomic E-state index is 12.1. The van der Waals surface area contributed by atoms with E-state index in [0.717, 1.165) is 16.1 Å². The molecule has 0 saturated carbocycles. The van der Waals surface area contributed by atoms with Gasteiger partial charge in [-0.2, -0.15) is 5.26 Å². The number of anilines is 1. The van der Waals surface area contributed by atoms with Crippen molar-refractivity contribution in [1.82, 2.24) is 0 Å². The highest BCUT2D eigenvalue weighted by Gasteiger charge is 2.06. The van der Waals surface area contributed by atoms with E-state index in [1.807, 2.05) is 36.6 Å². The van der Waals surface area contributed by atoms with Crippen LogP contribution in [-0.4, -0.2) is 25.9 Å². The Labute approximate surface area is 151 Å². The number of thioether (sulfide) groups is 1. The molecule has 6 heteroatoms. The number of nitrogens with one attached hydrogen (secondary N) is 1. The quantitative estimate of drug-likeness (QED) is 0.602. The lowest BCUT2D eigenvalue weighted by molar-refractivity contribution is -0.111. The molecule has 5 nitrogen and oxygen atoms in total. The molecule has 1 N–H and O–H groups in total. The van der Waals surface area contributed by atoms with Gasteiger partial charge in [0.15, 0.2) is 18.1 Å². The van der Waals surface area contributed by atoms with Crippen molar-refractivity contribution in [2.75, 3.05) is 25.3 Å². The number of rotatable bonds is 7. The monoisotopic (exact) mass is 354 g/mol. The number of methoxy groups -OCH3 is 1. The van der Waals surface area contributed by atoms with E-state index in [2.05, 4.69) is 5.32 Å². The van der Waals surface area contributed by atoms with Crippen LogP contribution >= 0.6 is 11.8 Å². The zero-order valence-corrected chi connectivity index (χ0v) is 14.8. The fraction of sp³-hybridized carbons (Fsp3) is 0.158. The molecule has 1 amide bonds. The van der Waals surface area contributed by atoms with Crippen LogP contribution in [0.3, 0.4) is 0 Å². The summed E-state index contributed by atoms with van der Waals surface area (Å²) < 4.78 is 10.5. The predicted molar refractivity (Wildman–Crippen MR) is 100.0 cm³/mol. The van der Waals surface area contributed by atoms with Gasteiger partial charge in [0, 0.05) is 11.0 Å². The number of carbonyl (C=O) groups is 1. The van der Waals surface area contributed by atoms with Crippen molar-refractivity contribution in [2.45, 2.75) is 4.90 Å². The van der Waals surface area contributed by atoms with Crippen molar-refractivity contribution < 1.29 is 14.3 Å². The summed E-state index contributed by atoms with van der Waals surface area (Å²) in [6, 6.07) is 14.8. The Morgan fingerprint density at radius 2 is 2.08 bits per heavy atom. The number of carbonyl (C=O) groups excluding carboxylic acids is 1. The Hall–Kier alpha value is -2.91. The summed E-state index contributed by atoms with van der Waals surface area (Å²) >= 11 is 1.57. The first-order chi connectivity index (χ1) is 12.2. The van der Waals surface area contributed by atoms with E-state index in [9.17, 15) is 4.79 Å². The fourth-order valence-electron chi connectivity index (χ4n) is 2.11. The summed E-state index contributed by atoms with van der Waals surface area (Å²) in [5.41, 5.74) is 1.57. The standard InChI is InChI=1S/C19H18N2O3S/c1-23-17-13-14(7-9-16(17)24-12-11-20)8-10-19(22)21-15-5-3-4-6-18(15)25-2/h3-10,13H,12H2,1-2H3,(H,21,22)/b10-8+. The molecule has 0 aromatic heterocycles. The maximum absolute atomic E-state index is 12.1. The lowest BCUT2D eigenvalue weighted by Crippen LogP contribution is -2.08. The Morgan fingerprint density at radius 3 is 2.80 bits per heavy atom. The fourth-order valence-corrected chi connectivity index (χ4v) is 2.66. The molecule has 2 aromatic carbocycles. The first-order valence-corrected chi connectivity index (χ1v) is 8.70. The highest BCUT2D eigenvalue weighted by atomic mass is 32.2. The lowest BCUT2D eigenvalue weighted by atomic mass is 10.2. The van der Waals surface area contributed by atoms with Crippen LogP contribution in [0.5, 0.6) is 11.5 Å². The van der Waals surface area contributed by atoms with Gasteiger partial charge in [-0.3, -0.25) is 4.79 Å². The van der Waals surface area contributed by atoms with E-state index in [0.29, 0.717) is 11.5 Å². The zero-order valence-electron chi connectivity index (χ0n) is 14.0. The molecule has 25 heavy (non-hydrogen) atoms. The molecule has 0 aliphatic rings. The van der Waals surface area contributed by atoms with E-state index < -0.39 is 0 Å². The summed E-state index contributed by atoms with van der Waals surface area (Å²) in [7, 11) is 1.52. The van der Waals surface area contributed by atoms with Gasteiger partial charge in [0.1, 0.15) is 6.07 Å². The van der Waals surface area contributed by atoms with E-state index in [4.69, 9.17) is 14.7 Å². The first-order valence-electron chi connectivity index (χ1n) is 7.47. The predicted octanol–water partition coefficient (Wildman–Crippen LogP) is 3.97. The summed E-state index contributed by atoms with van der Waals surface area (Å²) in [4.78, 5) is 13.1. The van der Waals surface area contributed by atoms with E-state index in [1.165, 1.54) is 13.2 Å². The molecule has 0 unspecified atom stereocenters. The topological polar surface area (TPSA) is 71.3 Å². The number of nitrogens with zero attached hydrogens (tertiary/aromatic N) is 1. The molecule has 0 spiro atoms. The molecule has 2 aromatic rings. The maximum Gasteiger partial charge on any atom is 0.248 e. The van der Waals surface area contributed by atoms with Crippen molar-refractivity contribution in [3.8, 4) is 17.6 Å². The second-order valence-electron chi connectivity index (χ2n) is 4.88. The molecular formula is C19H18N2O3S. The van der Waals surface area contributed by atoms with E-state index >= 15 is 0 Å². The zero-order chi connectivity index (χ0) is 18.1. The highest BCUT2D eigenvalue weighted by molar-refractivity contribution is 7.98. The van der Waals surface area contributed by atoms with Crippen molar-refractivity contribution in [3.05, 3.63) is 54.1 Å². The molecule has 0 heterocycles. The minimum Gasteiger partial charge on any atom is -0.493 e. The van der Waals surface area contributed by atoms with Gasteiger partial charge < -0.3 is 14.8 Å². The van der Waals surface area contributed by atoms with Crippen molar-refractivity contribution in [2.24, 2.45) is 0 Å². The largest absolute Gasteiger partial charge is 0.493 e.